The molecular formula is C11H15N3O3. The first-order valence-electron chi connectivity index (χ1n) is 5.69. The fourth-order valence-electron chi connectivity index (χ4n) is 2.23. The molecule has 0 aliphatic heterocycles. The minimum Gasteiger partial charge on any atom is -0.480 e. The van der Waals surface area contributed by atoms with Crippen LogP contribution in [0.15, 0.2) is 17.2 Å². The second-order valence-electron chi connectivity index (χ2n) is 4.37. The van der Waals surface area contributed by atoms with E-state index >= 15 is 0 Å². The van der Waals surface area contributed by atoms with Gasteiger partial charge in [-0.1, -0.05) is 19.3 Å². The molecule has 0 aromatic carbocycles. The second-order valence-corrected chi connectivity index (χ2v) is 4.37. The summed E-state index contributed by atoms with van der Waals surface area (Å²) in [7, 11) is 0. The van der Waals surface area contributed by atoms with Crippen molar-refractivity contribution >= 4 is 11.8 Å². The van der Waals surface area contributed by atoms with Gasteiger partial charge in [0.2, 0.25) is 0 Å². The molecule has 0 radical (unpaired) electrons. The Morgan fingerprint density at radius 1 is 1.41 bits per heavy atom. The molecule has 0 amide bonds. The lowest BCUT2D eigenvalue weighted by atomic mass is 9.81. The Morgan fingerprint density at radius 2 is 2.12 bits per heavy atom. The molecule has 0 spiro atoms. The molecule has 1 aromatic heterocycles. The average Bonchev–Trinajstić information content (AvgIpc) is 2.30. The number of carboxylic acids is 1. The minimum atomic E-state index is -0.973. The number of H-pyrrole nitrogens is 1. The smallest absolute Gasteiger partial charge is 0.329 e. The van der Waals surface area contributed by atoms with Crippen molar-refractivity contribution in [1.82, 2.24) is 9.97 Å². The van der Waals surface area contributed by atoms with E-state index in [-0.39, 0.29) is 5.56 Å². The summed E-state index contributed by atoms with van der Waals surface area (Å²) in [5, 5.41) is 12.2. The molecule has 1 heterocycles. The van der Waals surface area contributed by atoms with E-state index in [0.29, 0.717) is 18.7 Å². The van der Waals surface area contributed by atoms with Crippen molar-refractivity contribution in [3.05, 3.63) is 22.7 Å². The normalized spacial score (nSPS) is 18.6. The molecule has 1 saturated carbocycles. The van der Waals surface area contributed by atoms with Crippen molar-refractivity contribution in [3.63, 3.8) is 0 Å². The van der Waals surface area contributed by atoms with Gasteiger partial charge in [-0.05, 0) is 12.8 Å². The van der Waals surface area contributed by atoms with Gasteiger partial charge in [0, 0.05) is 6.07 Å². The fourth-order valence-corrected chi connectivity index (χ4v) is 2.23. The highest BCUT2D eigenvalue weighted by Gasteiger charge is 2.39. The van der Waals surface area contributed by atoms with E-state index in [2.05, 4.69) is 15.3 Å². The number of aromatic amines is 1. The highest BCUT2D eigenvalue weighted by molar-refractivity contribution is 5.82. The zero-order valence-corrected chi connectivity index (χ0v) is 9.40. The van der Waals surface area contributed by atoms with E-state index in [9.17, 15) is 14.7 Å². The number of aromatic nitrogens is 2. The zero-order valence-electron chi connectivity index (χ0n) is 9.40. The third-order valence-corrected chi connectivity index (χ3v) is 3.16. The summed E-state index contributed by atoms with van der Waals surface area (Å²) in [5.41, 5.74) is -1.27. The molecule has 92 valence electrons. The van der Waals surface area contributed by atoms with E-state index in [0.717, 1.165) is 19.3 Å². The summed E-state index contributed by atoms with van der Waals surface area (Å²) < 4.78 is 0. The van der Waals surface area contributed by atoms with Gasteiger partial charge in [0.1, 0.15) is 11.4 Å². The van der Waals surface area contributed by atoms with Crippen LogP contribution in [0.25, 0.3) is 0 Å². The number of nitrogens with zero attached hydrogens (tertiary/aromatic N) is 1. The van der Waals surface area contributed by atoms with Crippen LogP contribution in [0.2, 0.25) is 0 Å². The van der Waals surface area contributed by atoms with Crippen molar-refractivity contribution < 1.29 is 9.90 Å². The molecule has 0 unspecified atom stereocenters. The molecule has 6 nitrogen and oxygen atoms in total. The first-order valence-corrected chi connectivity index (χ1v) is 5.69. The van der Waals surface area contributed by atoms with Crippen LogP contribution >= 0.6 is 0 Å². The van der Waals surface area contributed by atoms with Crippen LogP contribution in [-0.4, -0.2) is 26.6 Å². The van der Waals surface area contributed by atoms with Gasteiger partial charge < -0.3 is 15.4 Å². The number of carbonyl (C=O) groups is 1. The summed E-state index contributed by atoms with van der Waals surface area (Å²) in [6.07, 6.45) is 5.21. The van der Waals surface area contributed by atoms with Gasteiger partial charge in [0.05, 0.1) is 6.33 Å². The molecule has 3 N–H and O–H groups in total. The molecule has 1 aliphatic rings. The van der Waals surface area contributed by atoms with E-state index < -0.39 is 11.5 Å². The Kier molecular flexibility index (Phi) is 3.12. The Morgan fingerprint density at radius 3 is 2.71 bits per heavy atom. The molecule has 1 aromatic rings. The number of hydrogen-bond donors (Lipinski definition) is 3. The van der Waals surface area contributed by atoms with Crippen molar-refractivity contribution in [1.29, 1.82) is 0 Å². The van der Waals surface area contributed by atoms with Crippen LogP contribution < -0.4 is 10.9 Å². The summed E-state index contributed by atoms with van der Waals surface area (Å²) >= 11 is 0. The maximum absolute atomic E-state index is 11.4. The van der Waals surface area contributed by atoms with Crippen molar-refractivity contribution in [2.45, 2.75) is 37.6 Å². The monoisotopic (exact) mass is 237 g/mol. The molecule has 0 saturated heterocycles. The van der Waals surface area contributed by atoms with Gasteiger partial charge in [-0.25, -0.2) is 9.78 Å². The first kappa shape index (κ1) is 11.6. The summed E-state index contributed by atoms with van der Waals surface area (Å²) in [6.45, 7) is 0. The van der Waals surface area contributed by atoms with Crippen molar-refractivity contribution in [2.75, 3.05) is 5.32 Å². The number of nitrogens with one attached hydrogen (secondary N) is 2. The first-order chi connectivity index (χ1) is 8.12. The van der Waals surface area contributed by atoms with Gasteiger partial charge in [-0.3, -0.25) is 4.79 Å². The maximum Gasteiger partial charge on any atom is 0.329 e. The average molecular weight is 237 g/mol. The second kappa shape index (κ2) is 4.57. The predicted octanol–water partition coefficient (Wildman–Crippen LogP) is 0.969. The molecule has 0 bridgehead atoms. The molecule has 6 heteroatoms. The lowest BCUT2D eigenvalue weighted by Crippen LogP contribution is -2.48. The lowest BCUT2D eigenvalue weighted by molar-refractivity contribution is -0.143. The summed E-state index contributed by atoms with van der Waals surface area (Å²) in [4.78, 5) is 28.8. The number of rotatable bonds is 3. The maximum atomic E-state index is 11.4. The topological polar surface area (TPSA) is 95.1 Å². The molecule has 1 aliphatic carbocycles. The number of aliphatic carboxylic acids is 1. The van der Waals surface area contributed by atoms with Crippen LogP contribution in [0.3, 0.4) is 0 Å². The Balaban J connectivity index is 2.23. The van der Waals surface area contributed by atoms with Crippen molar-refractivity contribution in [3.8, 4) is 0 Å². The van der Waals surface area contributed by atoms with E-state index in [4.69, 9.17) is 0 Å². The Bertz CT molecular complexity index is 463. The van der Waals surface area contributed by atoms with Gasteiger partial charge in [0.25, 0.3) is 5.56 Å². The molecular weight excluding hydrogens is 222 g/mol. The number of anilines is 1. The molecule has 1 fully saturated rings. The molecule has 2 rings (SSSR count). The molecule has 0 atom stereocenters. The van der Waals surface area contributed by atoms with Crippen LogP contribution in [0.4, 0.5) is 5.82 Å². The Hall–Kier alpha value is -1.85. The highest BCUT2D eigenvalue weighted by Crippen LogP contribution is 2.31. The quantitative estimate of drug-likeness (QED) is 0.728. The van der Waals surface area contributed by atoms with Crippen LogP contribution in [0.5, 0.6) is 0 Å². The third kappa shape index (κ3) is 2.46. The fraction of sp³-hybridized carbons (Fsp3) is 0.545. The van der Waals surface area contributed by atoms with E-state index in [1.807, 2.05) is 0 Å². The van der Waals surface area contributed by atoms with Gasteiger partial charge in [-0.2, -0.15) is 0 Å². The highest BCUT2D eigenvalue weighted by atomic mass is 16.4. The summed E-state index contributed by atoms with van der Waals surface area (Å²) in [6, 6.07) is 1.28. The van der Waals surface area contributed by atoms with Gasteiger partial charge in [-0.15, -0.1) is 0 Å². The number of hydrogen-bond acceptors (Lipinski definition) is 4. The van der Waals surface area contributed by atoms with E-state index in [1.165, 1.54) is 12.4 Å². The van der Waals surface area contributed by atoms with E-state index in [1.54, 1.807) is 0 Å². The molecule has 17 heavy (non-hydrogen) atoms. The zero-order chi connectivity index (χ0) is 12.3. The Labute approximate surface area is 98.1 Å². The van der Waals surface area contributed by atoms with Gasteiger partial charge in [0.15, 0.2) is 0 Å². The van der Waals surface area contributed by atoms with Crippen LogP contribution in [0, 0.1) is 0 Å². The van der Waals surface area contributed by atoms with Crippen molar-refractivity contribution in [2.24, 2.45) is 0 Å². The standard InChI is InChI=1S/C11H15N3O3/c15-9-6-8(12-7-13-9)14-11(10(16)17)4-2-1-3-5-11/h6-7H,1-5H2,(H,16,17)(H2,12,13,14,15). The number of carboxylic acid groups (broad SMARTS) is 1. The minimum absolute atomic E-state index is 0.293. The third-order valence-electron chi connectivity index (χ3n) is 3.16. The SMILES string of the molecule is O=C(O)C1(Nc2cc(=O)[nH]cn2)CCCCC1. The largest absolute Gasteiger partial charge is 0.480 e. The van der Waals surface area contributed by atoms with Crippen LogP contribution in [-0.2, 0) is 4.79 Å². The van der Waals surface area contributed by atoms with Gasteiger partial charge >= 0.3 is 5.97 Å². The summed E-state index contributed by atoms with van der Waals surface area (Å²) in [5.74, 6) is -0.558. The predicted molar refractivity (Wildman–Crippen MR) is 61.9 cm³/mol. The lowest BCUT2D eigenvalue weighted by Gasteiger charge is -2.34. The van der Waals surface area contributed by atoms with Crippen LogP contribution in [0.1, 0.15) is 32.1 Å².